The molecule has 2 heterocycles. The summed E-state index contributed by atoms with van der Waals surface area (Å²) in [5, 5.41) is 13.8. The molecule has 0 aliphatic rings. The maximum Gasteiger partial charge on any atom is 0.235 e. The SMILES string of the molecule is Fc1cccc(-c2nnc3sc(-c4ccc(Cl)cc4Cl)nn23)c1F. The van der Waals surface area contributed by atoms with E-state index >= 15 is 0 Å². The third-order valence-electron chi connectivity index (χ3n) is 3.34. The lowest BCUT2D eigenvalue weighted by Crippen LogP contribution is -1.95. The molecule has 9 heteroatoms. The van der Waals surface area contributed by atoms with Crippen molar-refractivity contribution in [2.45, 2.75) is 0 Å². The molecule has 4 aromatic rings. The second-order valence-electron chi connectivity index (χ2n) is 4.85. The van der Waals surface area contributed by atoms with Crippen LogP contribution in [0.1, 0.15) is 0 Å². The second-order valence-corrected chi connectivity index (χ2v) is 6.65. The van der Waals surface area contributed by atoms with Crippen LogP contribution in [0.25, 0.3) is 26.9 Å². The minimum absolute atomic E-state index is 0.0125. The van der Waals surface area contributed by atoms with Crippen molar-refractivity contribution in [2.75, 3.05) is 0 Å². The van der Waals surface area contributed by atoms with E-state index in [1.54, 1.807) is 18.2 Å². The molecule has 0 spiro atoms. The lowest BCUT2D eigenvalue weighted by molar-refractivity contribution is 0.510. The standard InChI is InChI=1S/C15H6Cl2F2N4S/c16-7-4-5-8(10(17)6-7)14-22-23-13(20-21-15(23)24-14)9-2-1-3-11(18)12(9)19/h1-6H. The van der Waals surface area contributed by atoms with Crippen molar-refractivity contribution in [1.82, 2.24) is 19.8 Å². The van der Waals surface area contributed by atoms with Gasteiger partial charge in [0.25, 0.3) is 0 Å². The Morgan fingerprint density at radius 1 is 1.00 bits per heavy atom. The Balaban J connectivity index is 1.89. The van der Waals surface area contributed by atoms with Crippen LogP contribution in [0.4, 0.5) is 8.78 Å². The normalized spacial score (nSPS) is 11.3. The molecule has 0 saturated carbocycles. The molecule has 4 nitrogen and oxygen atoms in total. The molecule has 2 aromatic carbocycles. The van der Waals surface area contributed by atoms with Gasteiger partial charge in [-0.25, -0.2) is 8.78 Å². The van der Waals surface area contributed by atoms with Crippen molar-refractivity contribution in [3.8, 4) is 22.0 Å². The van der Waals surface area contributed by atoms with Gasteiger partial charge in [-0.15, -0.1) is 10.2 Å². The Kier molecular flexibility index (Phi) is 3.71. The van der Waals surface area contributed by atoms with E-state index in [2.05, 4.69) is 15.3 Å². The number of nitrogens with zero attached hydrogens (tertiary/aromatic N) is 4. The van der Waals surface area contributed by atoms with E-state index in [0.717, 1.165) is 6.07 Å². The molecule has 0 aliphatic heterocycles. The highest BCUT2D eigenvalue weighted by atomic mass is 35.5. The fraction of sp³-hybridized carbons (Fsp3) is 0. The molecular formula is C15H6Cl2F2N4S. The Hall–Kier alpha value is -2.09. The Morgan fingerprint density at radius 3 is 2.62 bits per heavy atom. The van der Waals surface area contributed by atoms with Gasteiger partial charge in [-0.05, 0) is 30.3 Å². The average Bonchev–Trinajstić information content (AvgIpc) is 3.11. The average molecular weight is 383 g/mol. The molecule has 0 amide bonds. The number of hydrogen-bond acceptors (Lipinski definition) is 4. The molecule has 0 N–H and O–H groups in total. The maximum absolute atomic E-state index is 14.0. The summed E-state index contributed by atoms with van der Waals surface area (Å²) < 4.78 is 28.8. The Morgan fingerprint density at radius 2 is 1.83 bits per heavy atom. The van der Waals surface area contributed by atoms with Crippen LogP contribution in [0.3, 0.4) is 0 Å². The van der Waals surface area contributed by atoms with Crippen molar-refractivity contribution >= 4 is 39.5 Å². The predicted octanol–water partition coefficient (Wildman–Crippen LogP) is 5.10. The van der Waals surface area contributed by atoms with Gasteiger partial charge in [-0.3, -0.25) is 0 Å². The Bertz CT molecular complexity index is 1080. The summed E-state index contributed by atoms with van der Waals surface area (Å²) in [6.45, 7) is 0. The van der Waals surface area contributed by atoms with Crippen molar-refractivity contribution in [2.24, 2.45) is 0 Å². The number of halogens is 4. The van der Waals surface area contributed by atoms with Crippen molar-refractivity contribution in [3.63, 3.8) is 0 Å². The number of benzene rings is 2. The molecule has 24 heavy (non-hydrogen) atoms. The summed E-state index contributed by atoms with van der Waals surface area (Å²) in [6, 6.07) is 8.89. The van der Waals surface area contributed by atoms with E-state index in [-0.39, 0.29) is 11.4 Å². The first kappa shape index (κ1) is 15.4. The topological polar surface area (TPSA) is 43.1 Å². The predicted molar refractivity (Wildman–Crippen MR) is 89.5 cm³/mol. The third-order valence-corrected chi connectivity index (χ3v) is 4.82. The minimum Gasteiger partial charge on any atom is -0.204 e. The largest absolute Gasteiger partial charge is 0.235 e. The van der Waals surface area contributed by atoms with Crippen LogP contribution < -0.4 is 0 Å². The van der Waals surface area contributed by atoms with Gasteiger partial charge < -0.3 is 0 Å². The van der Waals surface area contributed by atoms with Gasteiger partial charge in [0.15, 0.2) is 17.5 Å². The molecule has 120 valence electrons. The molecule has 0 bridgehead atoms. The van der Waals surface area contributed by atoms with Crippen molar-refractivity contribution < 1.29 is 8.78 Å². The quantitative estimate of drug-likeness (QED) is 0.484. The van der Waals surface area contributed by atoms with E-state index in [0.29, 0.717) is 25.6 Å². The zero-order chi connectivity index (χ0) is 16.8. The zero-order valence-electron chi connectivity index (χ0n) is 11.7. The van der Waals surface area contributed by atoms with Gasteiger partial charge in [0.05, 0.1) is 10.6 Å². The summed E-state index contributed by atoms with van der Waals surface area (Å²) in [5.74, 6) is -1.83. The van der Waals surface area contributed by atoms with Gasteiger partial charge in [0.2, 0.25) is 4.96 Å². The number of rotatable bonds is 2. The molecule has 0 fully saturated rings. The van der Waals surface area contributed by atoms with Crippen LogP contribution in [-0.2, 0) is 0 Å². The first-order valence-electron chi connectivity index (χ1n) is 6.66. The molecule has 0 radical (unpaired) electrons. The Labute approximate surface area is 148 Å². The highest BCUT2D eigenvalue weighted by Gasteiger charge is 2.19. The molecule has 2 aromatic heterocycles. The first-order chi connectivity index (χ1) is 11.5. The number of hydrogen-bond donors (Lipinski definition) is 0. The highest BCUT2D eigenvalue weighted by molar-refractivity contribution is 7.19. The van der Waals surface area contributed by atoms with Crippen LogP contribution in [-0.4, -0.2) is 19.8 Å². The molecule has 0 aliphatic carbocycles. The van der Waals surface area contributed by atoms with E-state index < -0.39 is 11.6 Å². The van der Waals surface area contributed by atoms with Gasteiger partial charge in [0, 0.05) is 10.6 Å². The van der Waals surface area contributed by atoms with Gasteiger partial charge in [-0.1, -0.05) is 40.6 Å². The van der Waals surface area contributed by atoms with Gasteiger partial charge >= 0.3 is 0 Å². The molecule has 0 unspecified atom stereocenters. The minimum atomic E-state index is -0.995. The molecule has 4 rings (SSSR count). The van der Waals surface area contributed by atoms with E-state index in [9.17, 15) is 8.78 Å². The second kappa shape index (κ2) is 5.77. The van der Waals surface area contributed by atoms with Crippen molar-refractivity contribution in [3.05, 3.63) is 58.1 Å². The molecule has 0 atom stereocenters. The number of aromatic nitrogens is 4. The lowest BCUT2D eigenvalue weighted by Gasteiger charge is -2.01. The lowest BCUT2D eigenvalue weighted by atomic mass is 10.2. The number of fused-ring (bicyclic) bond motifs is 1. The van der Waals surface area contributed by atoms with Crippen LogP contribution in [0, 0.1) is 11.6 Å². The summed E-state index contributed by atoms with van der Waals surface area (Å²) >= 11 is 13.3. The highest BCUT2D eigenvalue weighted by Crippen LogP contribution is 2.34. The van der Waals surface area contributed by atoms with Gasteiger partial charge in [-0.2, -0.15) is 9.61 Å². The summed E-state index contributed by atoms with van der Waals surface area (Å²) in [5.41, 5.74) is 0.656. The van der Waals surface area contributed by atoms with Crippen LogP contribution in [0.5, 0.6) is 0 Å². The third kappa shape index (κ3) is 2.45. The monoisotopic (exact) mass is 382 g/mol. The van der Waals surface area contributed by atoms with E-state index in [1.165, 1.54) is 28.0 Å². The van der Waals surface area contributed by atoms with E-state index in [4.69, 9.17) is 23.2 Å². The van der Waals surface area contributed by atoms with E-state index in [1.807, 2.05) is 0 Å². The molecular weight excluding hydrogens is 377 g/mol. The summed E-state index contributed by atoms with van der Waals surface area (Å²) in [7, 11) is 0. The fourth-order valence-corrected chi connectivity index (χ4v) is 3.67. The van der Waals surface area contributed by atoms with Gasteiger partial charge in [0.1, 0.15) is 5.01 Å². The fourth-order valence-electron chi connectivity index (χ4n) is 2.23. The summed E-state index contributed by atoms with van der Waals surface area (Å²) in [6.07, 6.45) is 0. The molecule has 0 saturated heterocycles. The smallest absolute Gasteiger partial charge is 0.204 e. The zero-order valence-corrected chi connectivity index (χ0v) is 14.0. The van der Waals surface area contributed by atoms with Crippen molar-refractivity contribution in [1.29, 1.82) is 0 Å². The van der Waals surface area contributed by atoms with Crippen LogP contribution in [0.2, 0.25) is 10.0 Å². The van der Waals surface area contributed by atoms with Crippen LogP contribution in [0.15, 0.2) is 36.4 Å². The summed E-state index contributed by atoms with van der Waals surface area (Å²) in [4.78, 5) is 0.440. The first-order valence-corrected chi connectivity index (χ1v) is 8.24. The maximum atomic E-state index is 14.0. The van der Waals surface area contributed by atoms with Crippen LogP contribution >= 0.6 is 34.5 Å².